The van der Waals surface area contributed by atoms with Crippen molar-refractivity contribution in [3.8, 4) is 0 Å². The molecule has 0 spiro atoms. The molecule has 3 N–H and O–H groups in total. The van der Waals surface area contributed by atoms with Gasteiger partial charge in [-0.25, -0.2) is 4.79 Å². The molecular formula is C6H10F3NO3. The molecule has 1 heterocycles. The van der Waals surface area contributed by atoms with E-state index in [9.17, 15) is 13.2 Å². The van der Waals surface area contributed by atoms with Crippen molar-refractivity contribution in [1.82, 2.24) is 5.32 Å². The van der Waals surface area contributed by atoms with Crippen molar-refractivity contribution < 1.29 is 28.2 Å². The number of halogens is 3. The number of aliphatic carboxylic acids is 1. The van der Waals surface area contributed by atoms with E-state index < -0.39 is 12.1 Å². The van der Waals surface area contributed by atoms with Crippen LogP contribution in [0.2, 0.25) is 0 Å². The first-order chi connectivity index (χ1) is 5.75. The summed E-state index contributed by atoms with van der Waals surface area (Å²) in [4.78, 5) is 8.90. The fourth-order valence-electron chi connectivity index (χ4n) is 0.459. The number of β-amino-alcohol motifs (C(OH)–C–C–N with tert-alkyl or cyclic N) is 1. The van der Waals surface area contributed by atoms with Crippen LogP contribution in [0.3, 0.4) is 0 Å². The minimum absolute atomic E-state index is 0.0787. The van der Waals surface area contributed by atoms with Gasteiger partial charge < -0.3 is 15.5 Å². The Bertz CT molecular complexity index is 174. The molecular weight excluding hydrogens is 191 g/mol. The van der Waals surface area contributed by atoms with Gasteiger partial charge in [-0.1, -0.05) is 0 Å². The summed E-state index contributed by atoms with van der Waals surface area (Å²) in [5.74, 6) is -2.76. The number of carboxylic acids is 1. The minimum Gasteiger partial charge on any atom is -0.475 e. The molecule has 4 nitrogen and oxygen atoms in total. The van der Waals surface area contributed by atoms with Gasteiger partial charge in [-0.2, -0.15) is 13.2 Å². The fourth-order valence-corrected chi connectivity index (χ4v) is 0.459. The van der Waals surface area contributed by atoms with E-state index in [2.05, 4.69) is 5.32 Å². The van der Waals surface area contributed by atoms with Crippen LogP contribution in [0.15, 0.2) is 0 Å². The Morgan fingerprint density at radius 1 is 1.54 bits per heavy atom. The number of nitrogens with one attached hydrogen (secondary N) is 1. The summed E-state index contributed by atoms with van der Waals surface area (Å²) in [6.07, 6.45) is -5.16. The standard InChI is InChI=1S/C4H9NO.C2HF3O2/c1-3-4(6)2-5-3;3-2(4,5)1(6)7/h3-6H,2H2,1H3;(H,6,7)/t3-,4-;/m0./s1. The third kappa shape index (κ3) is 4.69. The van der Waals surface area contributed by atoms with E-state index in [1.807, 2.05) is 6.92 Å². The van der Waals surface area contributed by atoms with Gasteiger partial charge in [0.1, 0.15) is 0 Å². The second-order valence-electron chi connectivity index (χ2n) is 2.57. The maximum absolute atomic E-state index is 10.6. The van der Waals surface area contributed by atoms with E-state index in [0.29, 0.717) is 6.04 Å². The van der Waals surface area contributed by atoms with E-state index >= 15 is 0 Å². The van der Waals surface area contributed by atoms with E-state index in [4.69, 9.17) is 15.0 Å². The van der Waals surface area contributed by atoms with Crippen LogP contribution < -0.4 is 5.32 Å². The van der Waals surface area contributed by atoms with Crippen molar-refractivity contribution in [2.75, 3.05) is 6.54 Å². The number of aliphatic hydroxyl groups is 1. The zero-order valence-electron chi connectivity index (χ0n) is 6.80. The number of hydrogen-bond donors (Lipinski definition) is 3. The van der Waals surface area contributed by atoms with Crippen molar-refractivity contribution in [1.29, 1.82) is 0 Å². The average Bonchev–Trinajstić information content (AvgIpc) is 2.00. The lowest BCUT2D eigenvalue weighted by Crippen LogP contribution is -2.55. The molecule has 0 bridgehead atoms. The molecule has 0 aliphatic carbocycles. The Morgan fingerprint density at radius 2 is 1.85 bits per heavy atom. The first-order valence-corrected chi connectivity index (χ1v) is 3.46. The Balaban J connectivity index is 0.000000223. The van der Waals surface area contributed by atoms with Crippen LogP contribution in [0.4, 0.5) is 13.2 Å². The second kappa shape index (κ2) is 4.43. The number of carboxylic acid groups (broad SMARTS) is 1. The SMILES string of the molecule is C[C@@H]1NC[C@@H]1O.O=C(O)C(F)(F)F. The van der Waals surface area contributed by atoms with Gasteiger partial charge in [0, 0.05) is 12.6 Å². The highest BCUT2D eigenvalue weighted by Gasteiger charge is 2.38. The second-order valence-corrected chi connectivity index (χ2v) is 2.57. The minimum atomic E-state index is -5.08. The number of carbonyl (C=O) groups is 1. The summed E-state index contributed by atoms with van der Waals surface area (Å²) in [5.41, 5.74) is 0. The Labute approximate surface area is 72.4 Å². The molecule has 0 aromatic rings. The topological polar surface area (TPSA) is 69.6 Å². The molecule has 0 saturated carbocycles. The van der Waals surface area contributed by atoms with Crippen LogP contribution in [-0.4, -0.2) is 41.0 Å². The average molecular weight is 201 g/mol. The van der Waals surface area contributed by atoms with Crippen LogP contribution in [-0.2, 0) is 4.79 Å². The molecule has 1 rings (SSSR count). The zero-order valence-corrected chi connectivity index (χ0v) is 6.80. The van der Waals surface area contributed by atoms with Gasteiger partial charge in [-0.05, 0) is 6.92 Å². The van der Waals surface area contributed by atoms with Gasteiger partial charge in [-0.3, -0.25) is 0 Å². The summed E-state index contributed by atoms with van der Waals surface area (Å²) in [6, 6.07) is 0.338. The molecule has 1 aliphatic heterocycles. The Hall–Kier alpha value is -0.820. The third-order valence-corrected chi connectivity index (χ3v) is 1.47. The van der Waals surface area contributed by atoms with Crippen LogP contribution in [0.1, 0.15) is 6.92 Å². The first-order valence-electron chi connectivity index (χ1n) is 3.46. The quantitative estimate of drug-likeness (QED) is 0.515. The summed E-state index contributed by atoms with van der Waals surface area (Å²) < 4.78 is 31.7. The maximum Gasteiger partial charge on any atom is 0.490 e. The number of rotatable bonds is 0. The monoisotopic (exact) mass is 201 g/mol. The molecule has 0 aromatic heterocycles. The smallest absolute Gasteiger partial charge is 0.475 e. The van der Waals surface area contributed by atoms with Crippen molar-refractivity contribution in [2.45, 2.75) is 25.2 Å². The summed E-state index contributed by atoms with van der Waals surface area (Å²) in [6.45, 7) is 2.75. The molecule has 13 heavy (non-hydrogen) atoms. The van der Waals surface area contributed by atoms with Crippen LogP contribution in [0.5, 0.6) is 0 Å². The van der Waals surface area contributed by atoms with E-state index in [1.54, 1.807) is 0 Å². The molecule has 0 aromatic carbocycles. The fraction of sp³-hybridized carbons (Fsp3) is 0.833. The third-order valence-electron chi connectivity index (χ3n) is 1.47. The predicted molar refractivity (Wildman–Crippen MR) is 37.2 cm³/mol. The molecule has 1 saturated heterocycles. The number of aliphatic hydroxyl groups excluding tert-OH is 1. The highest BCUT2D eigenvalue weighted by atomic mass is 19.4. The Kier molecular flexibility index (Phi) is 4.15. The lowest BCUT2D eigenvalue weighted by atomic mass is 10.1. The summed E-state index contributed by atoms with van der Waals surface area (Å²) in [5, 5.41) is 18.8. The molecule has 0 unspecified atom stereocenters. The van der Waals surface area contributed by atoms with Gasteiger partial charge in [-0.15, -0.1) is 0 Å². The van der Waals surface area contributed by atoms with E-state index in [-0.39, 0.29) is 6.10 Å². The zero-order chi connectivity index (χ0) is 10.6. The van der Waals surface area contributed by atoms with Crippen molar-refractivity contribution in [2.24, 2.45) is 0 Å². The van der Waals surface area contributed by atoms with Gasteiger partial charge >= 0.3 is 12.1 Å². The van der Waals surface area contributed by atoms with Gasteiger partial charge in [0.25, 0.3) is 0 Å². The van der Waals surface area contributed by atoms with Gasteiger partial charge in [0.15, 0.2) is 0 Å². The van der Waals surface area contributed by atoms with Crippen molar-refractivity contribution in [3.05, 3.63) is 0 Å². The molecule has 78 valence electrons. The highest BCUT2D eigenvalue weighted by molar-refractivity contribution is 5.73. The molecule has 1 aliphatic rings. The summed E-state index contributed by atoms with van der Waals surface area (Å²) in [7, 11) is 0. The van der Waals surface area contributed by atoms with E-state index in [1.165, 1.54) is 0 Å². The van der Waals surface area contributed by atoms with Crippen molar-refractivity contribution in [3.63, 3.8) is 0 Å². The molecule has 1 fully saturated rings. The molecule has 0 radical (unpaired) electrons. The predicted octanol–water partition coefficient (Wildman–Crippen LogP) is -0.0277. The number of alkyl halides is 3. The van der Waals surface area contributed by atoms with Gasteiger partial charge in [0.2, 0.25) is 0 Å². The van der Waals surface area contributed by atoms with Gasteiger partial charge in [0.05, 0.1) is 6.10 Å². The number of hydrogen-bond acceptors (Lipinski definition) is 3. The van der Waals surface area contributed by atoms with Crippen LogP contribution >= 0.6 is 0 Å². The van der Waals surface area contributed by atoms with Crippen LogP contribution in [0, 0.1) is 0 Å². The maximum atomic E-state index is 10.6. The van der Waals surface area contributed by atoms with Crippen LogP contribution in [0.25, 0.3) is 0 Å². The molecule has 2 atom stereocenters. The molecule has 0 amide bonds. The summed E-state index contributed by atoms with van der Waals surface area (Å²) >= 11 is 0. The lowest BCUT2D eigenvalue weighted by molar-refractivity contribution is -0.192. The Morgan fingerprint density at radius 3 is 1.85 bits per heavy atom. The normalized spacial score (nSPS) is 26.8. The largest absolute Gasteiger partial charge is 0.490 e. The first kappa shape index (κ1) is 12.2. The van der Waals surface area contributed by atoms with Crippen molar-refractivity contribution >= 4 is 5.97 Å². The van der Waals surface area contributed by atoms with E-state index in [0.717, 1.165) is 6.54 Å². The molecule has 7 heteroatoms. The lowest BCUT2D eigenvalue weighted by Gasteiger charge is -2.30. The highest BCUT2D eigenvalue weighted by Crippen LogP contribution is 2.13.